The van der Waals surface area contributed by atoms with Gasteiger partial charge in [-0.15, -0.1) is 35.3 Å². The van der Waals surface area contributed by atoms with Crippen molar-refractivity contribution < 1.29 is 0 Å². The van der Waals surface area contributed by atoms with E-state index in [0.717, 1.165) is 31.9 Å². The van der Waals surface area contributed by atoms with Gasteiger partial charge in [-0.1, -0.05) is 25.1 Å². The largest absolute Gasteiger partial charge is 0.361 e. The molecule has 0 saturated heterocycles. The number of guanidine groups is 1. The molecule has 0 amide bonds. The van der Waals surface area contributed by atoms with Crippen LogP contribution in [0.1, 0.15) is 22.2 Å². The molecule has 0 spiro atoms. The third-order valence-corrected chi connectivity index (χ3v) is 5.31. The first-order chi connectivity index (χ1) is 11.8. The number of aromatic amines is 1. The van der Waals surface area contributed by atoms with Crippen LogP contribution in [0.3, 0.4) is 0 Å². The third-order valence-electron chi connectivity index (χ3n) is 4.08. The van der Waals surface area contributed by atoms with Crippen LogP contribution in [0.5, 0.6) is 0 Å². The van der Waals surface area contributed by atoms with E-state index in [1.54, 1.807) is 0 Å². The van der Waals surface area contributed by atoms with E-state index in [4.69, 9.17) is 0 Å². The van der Waals surface area contributed by atoms with Crippen molar-refractivity contribution in [1.82, 2.24) is 15.6 Å². The Bertz CT molecular complexity index is 822. The molecule has 3 aromatic rings. The standard InChI is InChI=1S/C19H24N4S.HI/c1-3-15-8-9-16(24-15)13-23-19(20-2)21-11-10-14-12-22-18-7-5-4-6-17(14)18;/h4-9,12,22H,3,10-11,13H2,1-2H3,(H2,20,21,23);1H. The van der Waals surface area contributed by atoms with Crippen LogP contribution in [-0.4, -0.2) is 24.5 Å². The second kappa shape index (κ2) is 9.82. The average molecular weight is 468 g/mol. The van der Waals surface area contributed by atoms with E-state index in [9.17, 15) is 0 Å². The lowest BCUT2D eigenvalue weighted by Crippen LogP contribution is -2.37. The summed E-state index contributed by atoms with van der Waals surface area (Å²) in [7, 11) is 1.81. The Labute approximate surface area is 170 Å². The maximum atomic E-state index is 4.30. The van der Waals surface area contributed by atoms with Crippen molar-refractivity contribution in [3.8, 4) is 0 Å². The van der Waals surface area contributed by atoms with Crippen LogP contribution in [0, 0.1) is 0 Å². The minimum Gasteiger partial charge on any atom is -0.361 e. The normalized spacial score (nSPS) is 11.4. The fraction of sp³-hybridized carbons (Fsp3) is 0.316. The minimum absolute atomic E-state index is 0. The fourth-order valence-corrected chi connectivity index (χ4v) is 3.65. The molecule has 0 aliphatic rings. The molecule has 134 valence electrons. The number of para-hydroxylation sites is 1. The van der Waals surface area contributed by atoms with Crippen LogP contribution in [0.15, 0.2) is 47.6 Å². The number of hydrogen-bond donors (Lipinski definition) is 3. The molecule has 0 bridgehead atoms. The average Bonchev–Trinajstić information content (AvgIpc) is 3.25. The van der Waals surface area contributed by atoms with E-state index in [1.165, 1.54) is 26.2 Å². The van der Waals surface area contributed by atoms with Crippen LogP contribution >= 0.6 is 35.3 Å². The number of aliphatic imine (C=N–C) groups is 1. The van der Waals surface area contributed by atoms with Crippen LogP contribution < -0.4 is 10.6 Å². The Kier molecular flexibility index (Phi) is 7.77. The van der Waals surface area contributed by atoms with E-state index in [2.05, 4.69) is 70.1 Å². The van der Waals surface area contributed by atoms with Crippen molar-refractivity contribution in [2.45, 2.75) is 26.3 Å². The molecule has 1 aromatic carbocycles. The number of nitrogens with one attached hydrogen (secondary N) is 3. The van der Waals surface area contributed by atoms with Crippen molar-refractivity contribution in [2.75, 3.05) is 13.6 Å². The fourth-order valence-electron chi connectivity index (χ4n) is 2.75. The number of thiophene rings is 1. The number of hydrogen-bond acceptors (Lipinski definition) is 2. The topological polar surface area (TPSA) is 52.2 Å². The van der Waals surface area contributed by atoms with Gasteiger partial charge in [0.2, 0.25) is 0 Å². The lowest BCUT2D eigenvalue weighted by molar-refractivity contribution is 0.801. The summed E-state index contributed by atoms with van der Waals surface area (Å²) in [6.45, 7) is 3.86. The summed E-state index contributed by atoms with van der Waals surface area (Å²) >= 11 is 1.86. The van der Waals surface area contributed by atoms with Crippen molar-refractivity contribution in [1.29, 1.82) is 0 Å². The van der Waals surface area contributed by atoms with Crippen molar-refractivity contribution in [3.05, 3.63) is 57.9 Å². The summed E-state index contributed by atoms with van der Waals surface area (Å²) < 4.78 is 0. The Morgan fingerprint density at radius 3 is 2.68 bits per heavy atom. The zero-order valence-corrected chi connectivity index (χ0v) is 17.8. The maximum absolute atomic E-state index is 4.30. The van der Waals surface area contributed by atoms with Gasteiger partial charge in [-0.2, -0.15) is 0 Å². The number of fused-ring (bicyclic) bond motifs is 1. The van der Waals surface area contributed by atoms with Gasteiger partial charge < -0.3 is 15.6 Å². The first kappa shape index (κ1) is 19.8. The molecular weight excluding hydrogens is 443 g/mol. The van der Waals surface area contributed by atoms with Gasteiger partial charge in [0, 0.05) is 40.4 Å². The maximum Gasteiger partial charge on any atom is 0.191 e. The van der Waals surface area contributed by atoms with Gasteiger partial charge in [-0.3, -0.25) is 4.99 Å². The highest BCUT2D eigenvalue weighted by Crippen LogP contribution is 2.18. The van der Waals surface area contributed by atoms with E-state index < -0.39 is 0 Å². The van der Waals surface area contributed by atoms with Crippen LogP contribution in [0.25, 0.3) is 10.9 Å². The Morgan fingerprint density at radius 2 is 1.92 bits per heavy atom. The Hall–Kier alpha value is -1.54. The van der Waals surface area contributed by atoms with Crippen molar-refractivity contribution in [2.24, 2.45) is 4.99 Å². The van der Waals surface area contributed by atoms with E-state index in [0.29, 0.717) is 0 Å². The molecule has 4 nitrogen and oxygen atoms in total. The monoisotopic (exact) mass is 468 g/mol. The molecule has 2 heterocycles. The molecule has 0 saturated carbocycles. The predicted octanol–water partition coefficient (Wildman–Crippen LogP) is 4.32. The van der Waals surface area contributed by atoms with Crippen LogP contribution in [-0.2, 0) is 19.4 Å². The predicted molar refractivity (Wildman–Crippen MR) is 119 cm³/mol. The number of halogens is 1. The smallest absolute Gasteiger partial charge is 0.191 e. The molecule has 6 heteroatoms. The van der Waals surface area contributed by atoms with Gasteiger partial charge in [0.05, 0.1) is 6.54 Å². The molecule has 3 N–H and O–H groups in total. The Balaban J connectivity index is 0.00000225. The van der Waals surface area contributed by atoms with Gasteiger partial charge in [-0.25, -0.2) is 0 Å². The highest BCUT2D eigenvalue weighted by molar-refractivity contribution is 14.0. The van der Waals surface area contributed by atoms with Gasteiger partial charge in [0.25, 0.3) is 0 Å². The molecule has 3 rings (SSSR count). The van der Waals surface area contributed by atoms with Gasteiger partial charge in [0.15, 0.2) is 5.96 Å². The molecule has 2 aromatic heterocycles. The molecule has 25 heavy (non-hydrogen) atoms. The second-order valence-electron chi connectivity index (χ2n) is 5.68. The lowest BCUT2D eigenvalue weighted by atomic mass is 10.1. The third kappa shape index (κ3) is 5.22. The van der Waals surface area contributed by atoms with Gasteiger partial charge in [0.1, 0.15) is 0 Å². The van der Waals surface area contributed by atoms with Gasteiger partial charge >= 0.3 is 0 Å². The summed E-state index contributed by atoms with van der Waals surface area (Å²) in [5.74, 6) is 0.848. The SMILES string of the molecule is CCc1ccc(CNC(=NC)NCCc2c[nH]c3ccccc23)s1.I. The molecule has 0 aliphatic heterocycles. The highest BCUT2D eigenvalue weighted by atomic mass is 127. The number of rotatable bonds is 6. The molecular formula is C19H25IN4S. The quantitative estimate of drug-likeness (QED) is 0.287. The summed E-state index contributed by atoms with van der Waals surface area (Å²) in [5, 5.41) is 8.07. The van der Waals surface area contributed by atoms with Crippen molar-refractivity contribution >= 4 is 52.2 Å². The zero-order chi connectivity index (χ0) is 16.8. The first-order valence-corrected chi connectivity index (χ1v) is 9.19. The molecule has 0 radical (unpaired) electrons. The van der Waals surface area contributed by atoms with E-state index in [-0.39, 0.29) is 24.0 Å². The van der Waals surface area contributed by atoms with Gasteiger partial charge in [-0.05, 0) is 36.6 Å². The molecule has 0 unspecified atom stereocenters. The summed E-state index contributed by atoms with van der Waals surface area (Å²) in [6.07, 6.45) is 4.16. The lowest BCUT2D eigenvalue weighted by Gasteiger charge is -2.11. The number of H-pyrrole nitrogens is 1. The molecule has 0 atom stereocenters. The first-order valence-electron chi connectivity index (χ1n) is 8.37. The van der Waals surface area contributed by atoms with E-state index in [1.807, 2.05) is 18.4 Å². The van der Waals surface area contributed by atoms with Crippen LogP contribution in [0.4, 0.5) is 0 Å². The Morgan fingerprint density at radius 1 is 1.12 bits per heavy atom. The second-order valence-corrected chi connectivity index (χ2v) is 6.94. The minimum atomic E-state index is 0. The van der Waals surface area contributed by atoms with Crippen molar-refractivity contribution in [3.63, 3.8) is 0 Å². The zero-order valence-electron chi connectivity index (χ0n) is 14.6. The molecule has 0 fully saturated rings. The summed E-state index contributed by atoms with van der Waals surface area (Å²) in [6, 6.07) is 12.8. The summed E-state index contributed by atoms with van der Waals surface area (Å²) in [4.78, 5) is 10.4. The van der Waals surface area contributed by atoms with E-state index >= 15 is 0 Å². The number of benzene rings is 1. The number of nitrogens with zero attached hydrogens (tertiary/aromatic N) is 1. The number of aromatic nitrogens is 1. The highest BCUT2D eigenvalue weighted by Gasteiger charge is 2.04. The number of aryl methyl sites for hydroxylation is 1. The molecule has 0 aliphatic carbocycles. The summed E-state index contributed by atoms with van der Waals surface area (Å²) in [5.41, 5.74) is 2.53. The van der Waals surface area contributed by atoms with Crippen LogP contribution in [0.2, 0.25) is 0 Å².